The highest BCUT2D eigenvalue weighted by Gasteiger charge is 2.51. The summed E-state index contributed by atoms with van der Waals surface area (Å²) in [5.74, 6) is 2.75. The fourth-order valence-corrected chi connectivity index (χ4v) is 6.49. The maximum absolute atomic E-state index is 5.62. The van der Waals surface area contributed by atoms with Crippen LogP contribution in [-0.2, 0) is 0 Å². The van der Waals surface area contributed by atoms with Gasteiger partial charge in [0.2, 0.25) is 0 Å². The summed E-state index contributed by atoms with van der Waals surface area (Å²) in [6, 6.07) is 10.5. The molecular formula is C25H35N3S. The van der Waals surface area contributed by atoms with E-state index in [0.717, 1.165) is 24.2 Å². The van der Waals surface area contributed by atoms with Crippen molar-refractivity contribution in [3.8, 4) is 0 Å². The fourth-order valence-electron chi connectivity index (χ4n) is 6.22. The highest BCUT2D eigenvalue weighted by atomic mass is 32.1. The number of rotatable bonds is 8. The number of allylic oxidation sites excluding steroid dienone is 1. The Kier molecular flexibility index (Phi) is 6.69. The summed E-state index contributed by atoms with van der Waals surface area (Å²) in [5, 5.41) is 8.88. The Morgan fingerprint density at radius 2 is 1.72 bits per heavy atom. The number of nitrogens with one attached hydrogen (secondary N) is 2. The Morgan fingerprint density at radius 1 is 1.07 bits per heavy atom. The summed E-state index contributed by atoms with van der Waals surface area (Å²) in [6.07, 6.45) is 17.1. The molecule has 0 atom stereocenters. The Morgan fingerprint density at radius 3 is 2.34 bits per heavy atom. The molecule has 0 heterocycles. The van der Waals surface area contributed by atoms with E-state index in [1.165, 1.54) is 68.9 Å². The molecule has 3 nitrogen and oxygen atoms in total. The van der Waals surface area contributed by atoms with Crippen LogP contribution in [0.5, 0.6) is 0 Å². The van der Waals surface area contributed by atoms with Gasteiger partial charge in [0, 0.05) is 5.54 Å². The smallest absolute Gasteiger partial charge is 0.187 e. The van der Waals surface area contributed by atoms with Crippen molar-refractivity contribution in [1.82, 2.24) is 10.7 Å². The SMILES string of the molecule is CCCCCC(/C=N\NC(=S)NC12CC3CC(CC(C3)C1)C2)=C/c1ccccc1. The lowest BCUT2D eigenvalue weighted by molar-refractivity contribution is -0.0101. The van der Waals surface area contributed by atoms with Crippen LogP contribution >= 0.6 is 12.2 Å². The van der Waals surface area contributed by atoms with E-state index in [1.54, 1.807) is 0 Å². The molecule has 4 fully saturated rings. The van der Waals surface area contributed by atoms with Gasteiger partial charge in [-0.05, 0) is 92.5 Å². The van der Waals surface area contributed by atoms with E-state index < -0.39 is 0 Å². The number of hydrogen-bond donors (Lipinski definition) is 2. The van der Waals surface area contributed by atoms with Gasteiger partial charge in [0.1, 0.15) is 0 Å². The van der Waals surface area contributed by atoms with Gasteiger partial charge < -0.3 is 5.32 Å². The summed E-state index contributed by atoms with van der Waals surface area (Å²) < 4.78 is 0. The maximum Gasteiger partial charge on any atom is 0.187 e. The average Bonchev–Trinajstić information content (AvgIpc) is 2.67. The first-order chi connectivity index (χ1) is 14.1. The van der Waals surface area contributed by atoms with E-state index in [-0.39, 0.29) is 5.54 Å². The van der Waals surface area contributed by atoms with Gasteiger partial charge in [0.25, 0.3) is 0 Å². The van der Waals surface area contributed by atoms with E-state index in [4.69, 9.17) is 12.2 Å². The lowest BCUT2D eigenvalue weighted by atomic mass is 9.53. The number of unbranched alkanes of at least 4 members (excludes halogenated alkanes) is 2. The van der Waals surface area contributed by atoms with Crippen LogP contribution in [0.1, 0.15) is 76.7 Å². The molecule has 0 aliphatic heterocycles. The maximum atomic E-state index is 5.62. The van der Waals surface area contributed by atoms with Gasteiger partial charge in [0.15, 0.2) is 5.11 Å². The normalized spacial score (nSPS) is 30.7. The standard InChI is InChI=1S/C25H35N3S/c1-2-3-5-10-20(11-19-8-6-4-7-9-19)18-26-28-24(29)27-25-15-21-12-22(16-25)14-23(13-21)17-25/h4,6-9,11,18,21-23H,2-3,5,10,12-17H2,1H3,(H2,27,28,29)/b20-11-,26-18-. The molecular weight excluding hydrogens is 374 g/mol. The Labute approximate surface area is 181 Å². The van der Waals surface area contributed by atoms with Crippen LogP contribution in [0.3, 0.4) is 0 Å². The van der Waals surface area contributed by atoms with E-state index in [0.29, 0.717) is 5.11 Å². The van der Waals surface area contributed by atoms with Crippen molar-refractivity contribution in [2.24, 2.45) is 22.9 Å². The van der Waals surface area contributed by atoms with Crippen molar-refractivity contribution in [1.29, 1.82) is 0 Å². The largest absolute Gasteiger partial charge is 0.356 e. The van der Waals surface area contributed by atoms with Gasteiger partial charge in [-0.15, -0.1) is 0 Å². The van der Waals surface area contributed by atoms with Crippen LogP contribution in [0.15, 0.2) is 41.0 Å². The predicted octanol–water partition coefficient (Wildman–Crippen LogP) is 6.07. The lowest BCUT2D eigenvalue weighted by Crippen LogP contribution is -2.61. The van der Waals surface area contributed by atoms with Crippen LogP contribution < -0.4 is 10.7 Å². The molecule has 4 bridgehead atoms. The van der Waals surface area contributed by atoms with Crippen molar-refractivity contribution < 1.29 is 0 Å². The Bertz CT molecular complexity index is 717. The van der Waals surface area contributed by atoms with Gasteiger partial charge in [-0.2, -0.15) is 5.10 Å². The number of hydrazone groups is 1. The van der Waals surface area contributed by atoms with Crippen molar-refractivity contribution in [2.75, 3.05) is 0 Å². The predicted molar refractivity (Wildman–Crippen MR) is 127 cm³/mol. The van der Waals surface area contributed by atoms with Crippen molar-refractivity contribution >= 4 is 29.6 Å². The van der Waals surface area contributed by atoms with Gasteiger partial charge in [-0.1, -0.05) is 56.2 Å². The van der Waals surface area contributed by atoms with E-state index >= 15 is 0 Å². The second-order valence-corrected chi connectivity index (χ2v) is 10.0. The third-order valence-electron chi connectivity index (χ3n) is 7.03. The minimum absolute atomic E-state index is 0.234. The van der Waals surface area contributed by atoms with Gasteiger partial charge in [-0.25, -0.2) is 0 Å². The third kappa shape index (κ3) is 5.48. The first kappa shape index (κ1) is 20.6. The molecule has 4 heteroatoms. The molecule has 1 aromatic rings. The average molecular weight is 410 g/mol. The molecule has 4 aliphatic rings. The van der Waals surface area contributed by atoms with Gasteiger partial charge >= 0.3 is 0 Å². The van der Waals surface area contributed by atoms with E-state index in [9.17, 15) is 0 Å². The summed E-state index contributed by atoms with van der Waals surface area (Å²) in [5.41, 5.74) is 5.81. The van der Waals surface area contributed by atoms with E-state index in [2.05, 4.69) is 59.2 Å². The summed E-state index contributed by atoms with van der Waals surface area (Å²) in [6.45, 7) is 2.24. The first-order valence-electron chi connectivity index (χ1n) is 11.5. The number of nitrogens with zero attached hydrogens (tertiary/aromatic N) is 1. The minimum atomic E-state index is 0.234. The molecule has 0 radical (unpaired) electrons. The molecule has 0 aromatic heterocycles. The lowest BCUT2D eigenvalue weighted by Gasteiger charge is -2.57. The number of benzene rings is 1. The van der Waals surface area contributed by atoms with Crippen LogP contribution in [0, 0.1) is 17.8 Å². The van der Waals surface area contributed by atoms with Gasteiger partial charge in [0.05, 0.1) is 6.21 Å². The fraction of sp³-hybridized carbons (Fsp3) is 0.600. The third-order valence-corrected chi connectivity index (χ3v) is 7.23. The summed E-state index contributed by atoms with van der Waals surface area (Å²) in [4.78, 5) is 0. The van der Waals surface area contributed by atoms with Crippen molar-refractivity contribution in [3.05, 3.63) is 41.5 Å². The zero-order valence-electron chi connectivity index (χ0n) is 17.7. The Hall–Kier alpha value is -1.68. The molecule has 1 aromatic carbocycles. The van der Waals surface area contributed by atoms with Crippen LogP contribution in [0.25, 0.3) is 6.08 Å². The van der Waals surface area contributed by atoms with Crippen molar-refractivity contribution in [2.45, 2.75) is 76.7 Å². The molecule has 0 unspecified atom stereocenters. The van der Waals surface area contributed by atoms with Gasteiger partial charge in [-0.3, -0.25) is 5.43 Å². The molecule has 4 saturated carbocycles. The summed E-state index contributed by atoms with van der Waals surface area (Å²) >= 11 is 5.62. The Balaban J connectivity index is 1.34. The quantitative estimate of drug-likeness (QED) is 0.237. The summed E-state index contributed by atoms with van der Waals surface area (Å²) in [7, 11) is 0. The van der Waals surface area contributed by atoms with Crippen LogP contribution in [-0.4, -0.2) is 16.9 Å². The highest BCUT2D eigenvalue weighted by molar-refractivity contribution is 7.80. The van der Waals surface area contributed by atoms with Crippen LogP contribution in [0.2, 0.25) is 0 Å². The first-order valence-corrected chi connectivity index (χ1v) is 11.9. The highest BCUT2D eigenvalue weighted by Crippen LogP contribution is 2.55. The second-order valence-electron chi connectivity index (χ2n) is 9.61. The molecule has 0 saturated heterocycles. The van der Waals surface area contributed by atoms with E-state index in [1.807, 2.05) is 6.21 Å². The molecule has 2 N–H and O–H groups in total. The topological polar surface area (TPSA) is 36.4 Å². The minimum Gasteiger partial charge on any atom is -0.356 e. The molecule has 0 amide bonds. The second kappa shape index (κ2) is 9.42. The molecule has 29 heavy (non-hydrogen) atoms. The molecule has 0 spiro atoms. The zero-order chi connectivity index (χ0) is 20.1. The molecule has 156 valence electrons. The van der Waals surface area contributed by atoms with Crippen LogP contribution in [0.4, 0.5) is 0 Å². The monoisotopic (exact) mass is 409 g/mol. The van der Waals surface area contributed by atoms with Crippen molar-refractivity contribution in [3.63, 3.8) is 0 Å². The molecule has 4 aliphatic carbocycles. The number of thiocarbonyl (C=S) groups is 1. The number of hydrogen-bond acceptors (Lipinski definition) is 2. The zero-order valence-corrected chi connectivity index (χ0v) is 18.5. The molecule has 5 rings (SSSR count).